The van der Waals surface area contributed by atoms with Crippen molar-refractivity contribution in [3.63, 3.8) is 0 Å². The van der Waals surface area contributed by atoms with Crippen molar-refractivity contribution in [2.24, 2.45) is 0 Å². The van der Waals surface area contributed by atoms with Crippen molar-refractivity contribution in [2.45, 2.75) is 13.3 Å². The monoisotopic (exact) mass is 234 g/mol. The van der Waals surface area contributed by atoms with E-state index in [1.165, 1.54) is 0 Å². The van der Waals surface area contributed by atoms with Crippen molar-refractivity contribution in [2.75, 3.05) is 31.1 Å². The molecule has 0 spiro atoms. The fourth-order valence-electron chi connectivity index (χ4n) is 1.94. The third-order valence-corrected chi connectivity index (χ3v) is 2.80. The van der Waals surface area contributed by atoms with Crippen LogP contribution in [0.2, 0.25) is 0 Å². The maximum absolute atomic E-state index is 12.1. The van der Waals surface area contributed by atoms with Crippen LogP contribution in [0.1, 0.15) is 13.3 Å². The molecule has 4 nitrogen and oxygen atoms in total. The van der Waals surface area contributed by atoms with Gasteiger partial charge in [0.2, 0.25) is 5.91 Å². The van der Waals surface area contributed by atoms with Crippen molar-refractivity contribution in [1.82, 2.24) is 5.32 Å². The third kappa shape index (κ3) is 2.77. The summed E-state index contributed by atoms with van der Waals surface area (Å²) in [5.41, 5.74) is 0.889. The van der Waals surface area contributed by atoms with Crippen molar-refractivity contribution >= 4 is 11.6 Å². The fourth-order valence-corrected chi connectivity index (χ4v) is 1.94. The first kappa shape index (κ1) is 11.9. The van der Waals surface area contributed by atoms with Crippen LogP contribution in [0.3, 0.4) is 0 Å². The van der Waals surface area contributed by atoms with Crippen molar-refractivity contribution in [1.29, 1.82) is 0 Å². The number of benzene rings is 1. The van der Waals surface area contributed by atoms with Crippen LogP contribution in [0.5, 0.6) is 5.75 Å². The summed E-state index contributed by atoms with van der Waals surface area (Å²) >= 11 is 0. The molecule has 0 aliphatic carbocycles. The van der Waals surface area contributed by atoms with Gasteiger partial charge in [-0.05, 0) is 18.7 Å². The normalized spacial score (nSPS) is 14.1. The highest BCUT2D eigenvalue weighted by Gasteiger charge is 2.22. The molecule has 1 aliphatic rings. The van der Waals surface area contributed by atoms with Crippen LogP contribution >= 0.6 is 0 Å². The summed E-state index contributed by atoms with van der Waals surface area (Å²) in [7, 11) is 0. The topological polar surface area (TPSA) is 41.6 Å². The SMILES string of the molecule is CCNCCC(=O)N1CCOc2ccccc21. The van der Waals surface area contributed by atoms with E-state index in [-0.39, 0.29) is 5.91 Å². The second-order valence-corrected chi connectivity index (χ2v) is 3.97. The van der Waals surface area contributed by atoms with Crippen LogP contribution in [0, 0.1) is 0 Å². The van der Waals surface area contributed by atoms with Crippen LogP contribution < -0.4 is 15.0 Å². The number of rotatable bonds is 4. The Hall–Kier alpha value is -1.55. The molecule has 2 rings (SSSR count). The summed E-state index contributed by atoms with van der Waals surface area (Å²) in [6.07, 6.45) is 0.530. The summed E-state index contributed by atoms with van der Waals surface area (Å²) < 4.78 is 5.52. The Morgan fingerprint density at radius 3 is 3.12 bits per heavy atom. The van der Waals surface area contributed by atoms with Crippen molar-refractivity contribution < 1.29 is 9.53 Å². The molecule has 1 aromatic rings. The molecule has 1 amide bonds. The zero-order valence-corrected chi connectivity index (χ0v) is 10.1. The number of ether oxygens (including phenoxy) is 1. The van der Waals surface area contributed by atoms with Crippen LogP contribution in [-0.4, -0.2) is 32.1 Å². The molecule has 0 unspecified atom stereocenters. The quantitative estimate of drug-likeness (QED) is 0.801. The Morgan fingerprint density at radius 2 is 2.29 bits per heavy atom. The summed E-state index contributed by atoms with van der Waals surface area (Å²) in [6.45, 7) is 4.88. The van der Waals surface area contributed by atoms with Gasteiger partial charge in [0.25, 0.3) is 0 Å². The highest BCUT2D eigenvalue weighted by molar-refractivity contribution is 5.95. The van der Waals surface area contributed by atoms with E-state index in [0.717, 1.165) is 24.5 Å². The number of carbonyl (C=O) groups excluding carboxylic acids is 1. The molecule has 0 saturated heterocycles. The number of fused-ring (bicyclic) bond motifs is 1. The number of nitrogens with one attached hydrogen (secondary N) is 1. The van der Waals surface area contributed by atoms with Crippen molar-refractivity contribution in [3.05, 3.63) is 24.3 Å². The van der Waals surface area contributed by atoms with Crippen LogP contribution in [0.4, 0.5) is 5.69 Å². The fraction of sp³-hybridized carbons (Fsp3) is 0.462. The van der Waals surface area contributed by atoms with Gasteiger partial charge in [0, 0.05) is 13.0 Å². The highest BCUT2D eigenvalue weighted by atomic mass is 16.5. The molecule has 0 bridgehead atoms. The largest absolute Gasteiger partial charge is 0.490 e. The molecular weight excluding hydrogens is 216 g/mol. The van der Waals surface area contributed by atoms with Gasteiger partial charge in [-0.3, -0.25) is 4.79 Å². The molecule has 1 aliphatic heterocycles. The summed E-state index contributed by atoms with van der Waals surface area (Å²) in [5.74, 6) is 0.956. The van der Waals surface area contributed by atoms with Crippen molar-refractivity contribution in [3.8, 4) is 5.75 Å². The number of hydrogen-bond donors (Lipinski definition) is 1. The van der Waals surface area contributed by atoms with Crippen LogP contribution in [0.15, 0.2) is 24.3 Å². The molecule has 1 N–H and O–H groups in total. The Morgan fingerprint density at radius 1 is 1.47 bits per heavy atom. The molecule has 0 aromatic heterocycles. The smallest absolute Gasteiger partial charge is 0.228 e. The molecular formula is C13H18N2O2. The van der Waals surface area contributed by atoms with Gasteiger partial charge in [-0.25, -0.2) is 0 Å². The predicted octanol–water partition coefficient (Wildman–Crippen LogP) is 1.41. The van der Waals surface area contributed by atoms with Gasteiger partial charge in [-0.15, -0.1) is 0 Å². The second-order valence-electron chi connectivity index (χ2n) is 3.97. The van der Waals surface area contributed by atoms with Gasteiger partial charge in [0.15, 0.2) is 0 Å². The lowest BCUT2D eigenvalue weighted by atomic mass is 10.2. The lowest BCUT2D eigenvalue weighted by molar-refractivity contribution is -0.118. The second kappa shape index (κ2) is 5.68. The van der Waals surface area contributed by atoms with Crippen LogP contribution in [0.25, 0.3) is 0 Å². The van der Waals surface area contributed by atoms with Gasteiger partial charge < -0.3 is 15.0 Å². The molecule has 1 aromatic carbocycles. The van der Waals surface area contributed by atoms with E-state index in [9.17, 15) is 4.79 Å². The number of anilines is 1. The molecule has 4 heteroatoms. The lowest BCUT2D eigenvalue weighted by Gasteiger charge is -2.29. The van der Waals surface area contributed by atoms with E-state index in [2.05, 4.69) is 5.32 Å². The molecule has 92 valence electrons. The molecule has 0 saturated carbocycles. The van der Waals surface area contributed by atoms with Gasteiger partial charge in [-0.1, -0.05) is 19.1 Å². The molecule has 0 atom stereocenters. The average Bonchev–Trinajstić information content (AvgIpc) is 2.38. The zero-order chi connectivity index (χ0) is 12.1. The molecule has 0 fully saturated rings. The number of nitrogens with zero attached hydrogens (tertiary/aromatic N) is 1. The zero-order valence-electron chi connectivity index (χ0n) is 10.1. The maximum Gasteiger partial charge on any atom is 0.228 e. The number of hydrogen-bond acceptors (Lipinski definition) is 3. The van der Waals surface area contributed by atoms with Gasteiger partial charge >= 0.3 is 0 Å². The predicted molar refractivity (Wildman–Crippen MR) is 67.5 cm³/mol. The molecule has 17 heavy (non-hydrogen) atoms. The van der Waals surface area contributed by atoms with E-state index >= 15 is 0 Å². The summed E-state index contributed by atoms with van der Waals surface area (Å²) in [6, 6.07) is 7.68. The summed E-state index contributed by atoms with van der Waals surface area (Å²) in [5, 5.41) is 3.16. The number of carbonyl (C=O) groups is 1. The molecule has 1 heterocycles. The Bertz CT molecular complexity index is 393. The first-order chi connectivity index (χ1) is 8.33. The van der Waals surface area contributed by atoms with E-state index in [4.69, 9.17) is 4.74 Å². The first-order valence-electron chi connectivity index (χ1n) is 6.06. The van der Waals surface area contributed by atoms with E-state index in [0.29, 0.717) is 19.6 Å². The standard InChI is InChI=1S/C13H18N2O2/c1-2-14-8-7-13(16)15-9-10-17-12-6-4-3-5-11(12)15/h3-6,14H,2,7-10H2,1H3. The lowest BCUT2D eigenvalue weighted by Crippen LogP contribution is -2.39. The third-order valence-electron chi connectivity index (χ3n) is 2.80. The minimum atomic E-state index is 0.154. The minimum absolute atomic E-state index is 0.154. The summed E-state index contributed by atoms with van der Waals surface area (Å²) in [4.78, 5) is 13.9. The Labute approximate surface area is 102 Å². The van der Waals surface area contributed by atoms with Gasteiger partial charge in [0.1, 0.15) is 12.4 Å². The number of para-hydroxylation sites is 2. The Kier molecular flexibility index (Phi) is 3.98. The maximum atomic E-state index is 12.1. The number of amides is 1. The van der Waals surface area contributed by atoms with E-state index in [1.54, 1.807) is 0 Å². The van der Waals surface area contributed by atoms with Gasteiger partial charge in [-0.2, -0.15) is 0 Å². The first-order valence-corrected chi connectivity index (χ1v) is 6.06. The highest BCUT2D eigenvalue weighted by Crippen LogP contribution is 2.31. The van der Waals surface area contributed by atoms with Crippen LogP contribution in [-0.2, 0) is 4.79 Å². The minimum Gasteiger partial charge on any atom is -0.490 e. The van der Waals surface area contributed by atoms with E-state index < -0.39 is 0 Å². The Balaban J connectivity index is 2.05. The average molecular weight is 234 g/mol. The van der Waals surface area contributed by atoms with E-state index in [1.807, 2.05) is 36.1 Å². The molecule has 0 radical (unpaired) electrons. The van der Waals surface area contributed by atoms with Gasteiger partial charge in [0.05, 0.1) is 12.2 Å².